The molecule has 42 heavy (non-hydrogen) atoms. The zero-order chi connectivity index (χ0) is 30.4. The molecule has 1 aliphatic rings. The number of aryl methyl sites for hydroxylation is 1. The number of hydrogen-bond donors (Lipinski definition) is 1. The minimum atomic E-state index is -5.03. The number of halogens is 6. The van der Waals surface area contributed by atoms with Crippen LogP contribution in [0.1, 0.15) is 27.3 Å². The molecule has 1 amide bonds. The SMILES string of the molecule is CN(Cc1nc2c(N3CCOCC3)nc(-c3cc(C(F)(F)F)cc(C(F)(F)F)c3)nc2n1C)c1ncc(C(N)=O)cn1. The van der Waals surface area contributed by atoms with E-state index in [9.17, 15) is 31.1 Å². The monoisotopic (exact) mass is 595 g/mol. The fourth-order valence-corrected chi connectivity index (χ4v) is 4.37. The highest BCUT2D eigenvalue weighted by atomic mass is 19.4. The molecule has 5 rings (SSSR count). The van der Waals surface area contributed by atoms with Crippen LogP contribution in [-0.2, 0) is 30.7 Å². The average Bonchev–Trinajstić information content (AvgIpc) is 3.26. The number of nitrogens with two attached hydrogens (primary N) is 1. The van der Waals surface area contributed by atoms with Gasteiger partial charge in [0.25, 0.3) is 5.91 Å². The molecule has 1 aromatic carbocycles. The molecule has 3 aromatic heterocycles. The van der Waals surface area contributed by atoms with Crippen molar-refractivity contribution in [1.82, 2.24) is 29.5 Å². The Labute approximate surface area is 234 Å². The number of imidazole rings is 1. The van der Waals surface area contributed by atoms with Gasteiger partial charge in [-0.2, -0.15) is 26.3 Å². The quantitative estimate of drug-likeness (QED) is 0.334. The summed E-state index contributed by atoms with van der Waals surface area (Å²) in [7, 11) is 3.28. The maximum absolute atomic E-state index is 13.6. The fourth-order valence-electron chi connectivity index (χ4n) is 4.37. The zero-order valence-electron chi connectivity index (χ0n) is 22.2. The Morgan fingerprint density at radius 1 is 0.976 bits per heavy atom. The van der Waals surface area contributed by atoms with E-state index < -0.39 is 35.0 Å². The summed E-state index contributed by atoms with van der Waals surface area (Å²) in [6.07, 6.45) is -7.52. The van der Waals surface area contributed by atoms with Crippen molar-refractivity contribution < 1.29 is 35.9 Å². The average molecular weight is 596 g/mol. The van der Waals surface area contributed by atoms with Crippen molar-refractivity contribution in [3.05, 3.63) is 53.1 Å². The first kappa shape index (κ1) is 29.0. The molecule has 0 radical (unpaired) electrons. The Kier molecular flexibility index (Phi) is 7.38. The minimum Gasteiger partial charge on any atom is -0.378 e. The summed E-state index contributed by atoms with van der Waals surface area (Å²) in [6, 6.07) is 1.25. The maximum Gasteiger partial charge on any atom is 0.416 e. The molecule has 11 nitrogen and oxygen atoms in total. The fraction of sp³-hybridized carbons (Fsp3) is 0.360. The molecule has 0 aliphatic carbocycles. The predicted molar refractivity (Wildman–Crippen MR) is 137 cm³/mol. The van der Waals surface area contributed by atoms with Crippen LogP contribution in [0, 0.1) is 0 Å². The van der Waals surface area contributed by atoms with Gasteiger partial charge >= 0.3 is 12.4 Å². The Morgan fingerprint density at radius 2 is 1.57 bits per heavy atom. The molecule has 4 aromatic rings. The van der Waals surface area contributed by atoms with E-state index in [-0.39, 0.29) is 41.4 Å². The lowest BCUT2D eigenvalue weighted by Gasteiger charge is -2.28. The number of hydrogen-bond acceptors (Lipinski definition) is 9. The van der Waals surface area contributed by atoms with E-state index in [0.29, 0.717) is 49.8 Å². The normalized spacial score (nSPS) is 14.4. The van der Waals surface area contributed by atoms with Crippen molar-refractivity contribution in [1.29, 1.82) is 0 Å². The van der Waals surface area contributed by atoms with Gasteiger partial charge in [0.15, 0.2) is 22.8 Å². The van der Waals surface area contributed by atoms with Crippen molar-refractivity contribution in [3.63, 3.8) is 0 Å². The van der Waals surface area contributed by atoms with Crippen LogP contribution < -0.4 is 15.5 Å². The number of aromatic nitrogens is 6. The molecule has 17 heteroatoms. The molecule has 0 spiro atoms. The number of ether oxygens (including phenoxy) is 1. The topological polar surface area (TPSA) is 128 Å². The number of alkyl halides is 6. The highest BCUT2D eigenvalue weighted by Crippen LogP contribution is 2.39. The third kappa shape index (κ3) is 5.77. The zero-order valence-corrected chi connectivity index (χ0v) is 22.2. The Bertz CT molecular complexity index is 1600. The predicted octanol–water partition coefficient (Wildman–Crippen LogP) is 3.43. The summed E-state index contributed by atoms with van der Waals surface area (Å²) in [5.41, 5.74) is 2.46. The van der Waals surface area contributed by atoms with Gasteiger partial charge in [0, 0.05) is 45.1 Å². The number of primary amides is 1. The van der Waals surface area contributed by atoms with Crippen LogP contribution in [0.15, 0.2) is 30.6 Å². The van der Waals surface area contributed by atoms with Crippen LogP contribution in [-0.4, -0.2) is 68.7 Å². The van der Waals surface area contributed by atoms with Crippen LogP contribution >= 0.6 is 0 Å². The largest absolute Gasteiger partial charge is 0.416 e. The summed E-state index contributed by atoms with van der Waals surface area (Å²) in [6.45, 7) is 1.54. The van der Waals surface area contributed by atoms with Crippen LogP contribution in [0.25, 0.3) is 22.6 Å². The summed E-state index contributed by atoms with van der Waals surface area (Å²) < 4.78 is 88.5. The smallest absolute Gasteiger partial charge is 0.378 e. The molecule has 4 heterocycles. The van der Waals surface area contributed by atoms with Gasteiger partial charge in [0.1, 0.15) is 5.82 Å². The van der Waals surface area contributed by atoms with Gasteiger partial charge in [0.05, 0.1) is 36.4 Å². The molecule has 1 fully saturated rings. The molecule has 0 atom stereocenters. The van der Waals surface area contributed by atoms with Gasteiger partial charge in [-0.15, -0.1) is 0 Å². The van der Waals surface area contributed by atoms with Gasteiger partial charge in [-0.3, -0.25) is 4.79 Å². The van der Waals surface area contributed by atoms with Gasteiger partial charge in [-0.25, -0.2) is 24.9 Å². The van der Waals surface area contributed by atoms with E-state index in [1.165, 1.54) is 12.4 Å². The number of benzene rings is 1. The van der Waals surface area contributed by atoms with Gasteiger partial charge in [0.2, 0.25) is 5.95 Å². The Hall–Kier alpha value is -4.54. The number of amides is 1. The number of rotatable bonds is 6. The molecule has 1 saturated heterocycles. The number of morpholine rings is 1. The van der Waals surface area contributed by atoms with E-state index >= 15 is 0 Å². The summed E-state index contributed by atoms with van der Waals surface area (Å²) in [4.78, 5) is 36.5. The first-order valence-electron chi connectivity index (χ1n) is 12.4. The second-order valence-electron chi connectivity index (χ2n) is 9.52. The lowest BCUT2D eigenvalue weighted by molar-refractivity contribution is -0.143. The summed E-state index contributed by atoms with van der Waals surface area (Å²) >= 11 is 0. The highest BCUT2D eigenvalue weighted by Gasteiger charge is 2.37. The first-order chi connectivity index (χ1) is 19.7. The van der Waals surface area contributed by atoms with Crippen molar-refractivity contribution in [3.8, 4) is 11.4 Å². The lowest BCUT2D eigenvalue weighted by atomic mass is 10.0. The molecule has 2 N–H and O–H groups in total. The van der Waals surface area contributed by atoms with E-state index in [1.807, 2.05) is 0 Å². The number of anilines is 2. The molecular formula is C25H23F6N9O2. The van der Waals surface area contributed by atoms with Crippen LogP contribution in [0.2, 0.25) is 0 Å². The summed E-state index contributed by atoms with van der Waals surface area (Å²) in [5, 5.41) is 0. The Balaban J connectivity index is 1.63. The number of carbonyl (C=O) groups excluding carboxylic acids is 1. The Morgan fingerprint density at radius 3 is 2.12 bits per heavy atom. The van der Waals surface area contributed by atoms with Crippen molar-refractivity contribution >= 4 is 28.8 Å². The third-order valence-electron chi connectivity index (χ3n) is 6.59. The second kappa shape index (κ2) is 10.7. The van der Waals surface area contributed by atoms with Gasteiger partial charge < -0.3 is 24.8 Å². The molecule has 0 saturated carbocycles. The van der Waals surface area contributed by atoms with Crippen LogP contribution in [0.4, 0.5) is 38.1 Å². The molecule has 0 unspecified atom stereocenters. The molecular weight excluding hydrogens is 572 g/mol. The molecule has 222 valence electrons. The highest BCUT2D eigenvalue weighted by molar-refractivity contribution is 5.92. The van der Waals surface area contributed by atoms with Gasteiger partial charge in [-0.05, 0) is 18.2 Å². The van der Waals surface area contributed by atoms with E-state index in [4.69, 9.17) is 10.5 Å². The van der Waals surface area contributed by atoms with Crippen LogP contribution in [0.5, 0.6) is 0 Å². The van der Waals surface area contributed by atoms with Crippen molar-refractivity contribution in [2.24, 2.45) is 12.8 Å². The van der Waals surface area contributed by atoms with E-state index in [2.05, 4.69) is 24.9 Å². The minimum absolute atomic E-state index is 0.0565. The third-order valence-corrected chi connectivity index (χ3v) is 6.59. The number of carbonyl (C=O) groups is 1. The standard InChI is InChI=1S/C25H23F6N9O2/c1-38(23-33-10-14(11-34-23)19(32)41)12-17-35-18-21(39(17)2)36-20(37-22(18)40-3-5-42-6-4-40)13-7-15(24(26,27)28)9-16(8-13)25(29,30)31/h7-11H,3-6,12H2,1-2H3,(H2,32,41). The van der Waals surface area contributed by atoms with E-state index in [1.54, 1.807) is 28.5 Å². The van der Waals surface area contributed by atoms with Crippen LogP contribution in [0.3, 0.4) is 0 Å². The number of fused-ring (bicyclic) bond motifs is 1. The lowest BCUT2D eigenvalue weighted by Crippen LogP contribution is -2.37. The van der Waals surface area contributed by atoms with Crippen molar-refractivity contribution in [2.75, 3.05) is 43.2 Å². The number of nitrogens with zero attached hydrogens (tertiary/aromatic N) is 8. The van der Waals surface area contributed by atoms with Crippen molar-refractivity contribution in [2.45, 2.75) is 18.9 Å². The first-order valence-corrected chi connectivity index (χ1v) is 12.4. The summed E-state index contributed by atoms with van der Waals surface area (Å²) in [5.74, 6) is -0.0932. The molecule has 0 bridgehead atoms. The van der Waals surface area contributed by atoms with Gasteiger partial charge in [-0.1, -0.05) is 0 Å². The second-order valence-corrected chi connectivity index (χ2v) is 9.52. The maximum atomic E-state index is 13.6. The van der Waals surface area contributed by atoms with E-state index in [0.717, 1.165) is 0 Å². The molecule has 1 aliphatic heterocycles.